The zero-order valence-corrected chi connectivity index (χ0v) is 10.3. The van der Waals surface area contributed by atoms with Crippen LogP contribution >= 0.6 is 11.6 Å². The van der Waals surface area contributed by atoms with Crippen LogP contribution in [0.5, 0.6) is 0 Å². The summed E-state index contributed by atoms with van der Waals surface area (Å²) in [4.78, 5) is 15.8. The van der Waals surface area contributed by atoms with Gasteiger partial charge in [-0.3, -0.25) is 4.79 Å². The monoisotopic (exact) mass is 249 g/mol. The van der Waals surface area contributed by atoms with Gasteiger partial charge in [0.05, 0.1) is 12.5 Å². The van der Waals surface area contributed by atoms with E-state index in [0.717, 1.165) is 5.56 Å². The van der Waals surface area contributed by atoms with E-state index >= 15 is 0 Å². The van der Waals surface area contributed by atoms with E-state index in [2.05, 4.69) is 10.3 Å². The maximum atomic E-state index is 11.9. The van der Waals surface area contributed by atoms with E-state index in [4.69, 9.17) is 11.6 Å². The van der Waals surface area contributed by atoms with Crippen molar-refractivity contribution in [3.63, 3.8) is 0 Å². The van der Waals surface area contributed by atoms with Gasteiger partial charge in [0, 0.05) is 17.8 Å². The van der Waals surface area contributed by atoms with Crippen molar-refractivity contribution in [1.82, 2.24) is 9.55 Å². The average Bonchev–Trinajstić information content (AvgIpc) is 2.70. The predicted molar refractivity (Wildman–Crippen MR) is 67.4 cm³/mol. The third-order valence-electron chi connectivity index (χ3n) is 2.48. The second-order valence-corrected chi connectivity index (χ2v) is 4.22. The molecule has 0 unspecified atom stereocenters. The number of imidazole rings is 1. The number of hydrogen-bond acceptors (Lipinski definition) is 2. The van der Waals surface area contributed by atoms with Crippen molar-refractivity contribution in [3.8, 4) is 0 Å². The van der Waals surface area contributed by atoms with Crippen LogP contribution in [0.2, 0.25) is 5.02 Å². The summed E-state index contributed by atoms with van der Waals surface area (Å²) < 4.78 is 1.66. The van der Waals surface area contributed by atoms with Gasteiger partial charge < -0.3 is 9.88 Å². The molecule has 1 N–H and O–H groups in total. The number of aryl methyl sites for hydroxylation is 2. The Morgan fingerprint density at radius 2 is 2.24 bits per heavy atom. The summed E-state index contributed by atoms with van der Waals surface area (Å²) in [6, 6.07) is 5.40. The van der Waals surface area contributed by atoms with Gasteiger partial charge in [-0.1, -0.05) is 17.7 Å². The number of nitrogens with zero attached hydrogens (tertiary/aromatic N) is 2. The highest BCUT2D eigenvalue weighted by Gasteiger charge is 2.10. The van der Waals surface area contributed by atoms with Gasteiger partial charge in [-0.2, -0.15) is 0 Å². The molecule has 1 aromatic heterocycles. The molecule has 88 valence electrons. The zero-order chi connectivity index (χ0) is 12.4. The minimum absolute atomic E-state index is 0.204. The van der Waals surface area contributed by atoms with Crippen molar-refractivity contribution in [2.75, 3.05) is 5.32 Å². The van der Waals surface area contributed by atoms with Crippen LogP contribution in [-0.4, -0.2) is 15.5 Å². The van der Waals surface area contributed by atoms with Crippen molar-refractivity contribution in [2.45, 2.75) is 6.92 Å². The van der Waals surface area contributed by atoms with Crippen molar-refractivity contribution < 1.29 is 4.79 Å². The Kier molecular flexibility index (Phi) is 3.15. The van der Waals surface area contributed by atoms with Crippen LogP contribution < -0.4 is 5.32 Å². The summed E-state index contributed by atoms with van der Waals surface area (Å²) in [6.07, 6.45) is 3.10. The molecular weight excluding hydrogens is 238 g/mol. The average molecular weight is 250 g/mol. The minimum atomic E-state index is -0.204. The fourth-order valence-corrected chi connectivity index (χ4v) is 1.62. The number of halogens is 1. The standard InChI is InChI=1S/C12H12ClN3O/c1-8-3-4-9(5-10(8)13)15-12(17)11-6-14-7-16(11)2/h3-7H,1-2H3,(H,15,17). The lowest BCUT2D eigenvalue weighted by Gasteiger charge is -2.06. The third-order valence-corrected chi connectivity index (χ3v) is 2.89. The molecule has 0 saturated heterocycles. The molecule has 0 aliphatic rings. The topological polar surface area (TPSA) is 46.9 Å². The summed E-state index contributed by atoms with van der Waals surface area (Å²) in [5, 5.41) is 3.40. The smallest absolute Gasteiger partial charge is 0.273 e. The minimum Gasteiger partial charge on any atom is -0.330 e. The highest BCUT2D eigenvalue weighted by Crippen LogP contribution is 2.20. The summed E-state index contributed by atoms with van der Waals surface area (Å²) in [5.41, 5.74) is 2.15. The van der Waals surface area contributed by atoms with Gasteiger partial charge in [0.15, 0.2) is 0 Å². The fraction of sp³-hybridized carbons (Fsp3) is 0.167. The van der Waals surface area contributed by atoms with E-state index in [0.29, 0.717) is 16.4 Å². The molecule has 1 heterocycles. The van der Waals surface area contributed by atoms with E-state index in [1.165, 1.54) is 6.20 Å². The molecule has 1 amide bonds. The lowest BCUT2D eigenvalue weighted by molar-refractivity contribution is 0.101. The summed E-state index contributed by atoms with van der Waals surface area (Å²) in [5.74, 6) is -0.204. The number of carbonyl (C=O) groups is 1. The number of rotatable bonds is 2. The molecule has 0 bridgehead atoms. The van der Waals surface area contributed by atoms with Gasteiger partial charge in [0.2, 0.25) is 0 Å². The fourth-order valence-electron chi connectivity index (χ4n) is 1.44. The number of anilines is 1. The first-order chi connectivity index (χ1) is 8.08. The maximum Gasteiger partial charge on any atom is 0.273 e. The Hall–Kier alpha value is -1.81. The largest absolute Gasteiger partial charge is 0.330 e. The molecule has 0 aliphatic heterocycles. The molecule has 2 rings (SSSR count). The molecular formula is C12H12ClN3O. The Bertz CT molecular complexity index is 563. The van der Waals surface area contributed by atoms with Crippen molar-refractivity contribution in [1.29, 1.82) is 0 Å². The zero-order valence-electron chi connectivity index (χ0n) is 9.57. The van der Waals surface area contributed by atoms with Gasteiger partial charge >= 0.3 is 0 Å². The summed E-state index contributed by atoms with van der Waals surface area (Å²) >= 11 is 5.98. The first kappa shape index (κ1) is 11.7. The van der Waals surface area contributed by atoms with Crippen LogP contribution in [0.15, 0.2) is 30.7 Å². The molecule has 0 radical (unpaired) electrons. The second-order valence-electron chi connectivity index (χ2n) is 3.81. The lowest BCUT2D eigenvalue weighted by Crippen LogP contribution is -2.15. The number of carbonyl (C=O) groups excluding carboxylic acids is 1. The first-order valence-electron chi connectivity index (χ1n) is 5.12. The van der Waals surface area contributed by atoms with Crippen molar-refractivity contribution in [3.05, 3.63) is 47.0 Å². The Labute approximate surface area is 104 Å². The van der Waals surface area contributed by atoms with Gasteiger partial charge in [0.25, 0.3) is 5.91 Å². The molecule has 0 saturated carbocycles. The SMILES string of the molecule is Cc1ccc(NC(=O)c2cncn2C)cc1Cl. The number of hydrogen-bond donors (Lipinski definition) is 1. The van der Waals surface area contributed by atoms with E-state index in [9.17, 15) is 4.79 Å². The van der Waals surface area contributed by atoms with Crippen LogP contribution in [0, 0.1) is 6.92 Å². The highest BCUT2D eigenvalue weighted by molar-refractivity contribution is 6.31. The van der Waals surface area contributed by atoms with Crippen LogP contribution in [0.4, 0.5) is 5.69 Å². The molecule has 0 fully saturated rings. The van der Waals surface area contributed by atoms with Gasteiger partial charge in [-0.05, 0) is 24.6 Å². The van der Waals surface area contributed by atoms with Gasteiger partial charge in [0.1, 0.15) is 5.69 Å². The maximum absolute atomic E-state index is 11.9. The molecule has 0 aliphatic carbocycles. The number of nitrogens with one attached hydrogen (secondary N) is 1. The number of amides is 1. The van der Waals surface area contributed by atoms with Crippen LogP contribution in [0.25, 0.3) is 0 Å². The van der Waals surface area contributed by atoms with E-state index in [-0.39, 0.29) is 5.91 Å². The van der Waals surface area contributed by atoms with Crippen molar-refractivity contribution >= 4 is 23.2 Å². The molecule has 0 spiro atoms. The van der Waals surface area contributed by atoms with Crippen LogP contribution in [0.3, 0.4) is 0 Å². The summed E-state index contributed by atoms with van der Waals surface area (Å²) in [6.45, 7) is 1.91. The quantitative estimate of drug-likeness (QED) is 0.889. The molecule has 2 aromatic rings. The Balaban J connectivity index is 2.19. The molecule has 17 heavy (non-hydrogen) atoms. The second kappa shape index (κ2) is 4.59. The van der Waals surface area contributed by atoms with Crippen LogP contribution in [-0.2, 0) is 7.05 Å². The third kappa shape index (κ3) is 2.47. The van der Waals surface area contributed by atoms with E-state index in [1.807, 2.05) is 19.1 Å². The summed E-state index contributed by atoms with van der Waals surface area (Å²) in [7, 11) is 1.77. The molecule has 5 heteroatoms. The van der Waals surface area contributed by atoms with Crippen molar-refractivity contribution in [2.24, 2.45) is 7.05 Å². The highest BCUT2D eigenvalue weighted by atomic mass is 35.5. The molecule has 0 atom stereocenters. The van der Waals surface area contributed by atoms with Gasteiger partial charge in [-0.25, -0.2) is 4.98 Å². The first-order valence-corrected chi connectivity index (χ1v) is 5.49. The van der Waals surface area contributed by atoms with Gasteiger partial charge in [-0.15, -0.1) is 0 Å². The van der Waals surface area contributed by atoms with E-state index in [1.54, 1.807) is 24.0 Å². The molecule has 4 nitrogen and oxygen atoms in total. The van der Waals surface area contributed by atoms with E-state index < -0.39 is 0 Å². The Morgan fingerprint density at radius 3 is 2.82 bits per heavy atom. The number of aromatic nitrogens is 2. The Morgan fingerprint density at radius 1 is 1.47 bits per heavy atom. The van der Waals surface area contributed by atoms with Crippen LogP contribution in [0.1, 0.15) is 16.1 Å². The number of benzene rings is 1. The lowest BCUT2D eigenvalue weighted by atomic mass is 10.2. The normalized spacial score (nSPS) is 10.3. The molecule has 1 aromatic carbocycles. The predicted octanol–water partition coefficient (Wildman–Crippen LogP) is 2.63.